The average molecular weight is 395 g/mol. The summed E-state index contributed by atoms with van der Waals surface area (Å²) < 4.78 is 27.3. The third-order valence-corrected chi connectivity index (χ3v) is 4.72. The maximum atomic E-state index is 14.1. The van der Waals surface area contributed by atoms with Crippen molar-refractivity contribution in [3.63, 3.8) is 0 Å². The molecule has 2 heterocycles. The number of aromatic nitrogens is 2. The predicted molar refractivity (Wildman–Crippen MR) is 107 cm³/mol. The Morgan fingerprint density at radius 1 is 0.931 bits per heavy atom. The summed E-state index contributed by atoms with van der Waals surface area (Å²) in [6.45, 7) is 2.36. The first kappa shape index (κ1) is 18.8. The third kappa shape index (κ3) is 4.31. The summed E-state index contributed by atoms with van der Waals surface area (Å²) >= 11 is 0. The lowest BCUT2D eigenvalue weighted by atomic mass is 10.1. The number of nitrogens with zero attached hydrogens (tertiary/aromatic N) is 4. The van der Waals surface area contributed by atoms with Gasteiger partial charge in [0, 0.05) is 43.9 Å². The van der Waals surface area contributed by atoms with E-state index in [1.54, 1.807) is 11.0 Å². The maximum Gasteiger partial charge on any atom is 0.228 e. The molecule has 0 radical (unpaired) electrons. The van der Waals surface area contributed by atoms with Crippen LogP contribution in [0.15, 0.2) is 54.6 Å². The van der Waals surface area contributed by atoms with Gasteiger partial charge in [0.2, 0.25) is 12.4 Å². The van der Waals surface area contributed by atoms with E-state index in [2.05, 4.69) is 15.3 Å². The third-order valence-electron chi connectivity index (χ3n) is 4.72. The highest BCUT2D eigenvalue weighted by Gasteiger charge is 2.19. The highest BCUT2D eigenvalue weighted by Crippen LogP contribution is 2.26. The van der Waals surface area contributed by atoms with Gasteiger partial charge < -0.3 is 15.1 Å². The largest absolute Gasteiger partial charge is 0.342 e. The van der Waals surface area contributed by atoms with Gasteiger partial charge in [-0.1, -0.05) is 30.3 Å². The Balaban J connectivity index is 1.69. The van der Waals surface area contributed by atoms with E-state index in [0.717, 1.165) is 18.0 Å². The number of hydrogen-bond acceptors (Lipinski definition) is 5. The summed E-state index contributed by atoms with van der Waals surface area (Å²) in [7, 11) is 0. The van der Waals surface area contributed by atoms with E-state index in [0.29, 0.717) is 43.6 Å². The molecule has 8 heteroatoms. The van der Waals surface area contributed by atoms with E-state index in [4.69, 9.17) is 0 Å². The Morgan fingerprint density at radius 2 is 1.69 bits per heavy atom. The number of amides is 1. The molecule has 0 unspecified atom stereocenters. The molecular weight excluding hydrogens is 376 g/mol. The number of piperazine rings is 1. The molecule has 1 fully saturated rings. The van der Waals surface area contributed by atoms with Crippen molar-refractivity contribution in [1.82, 2.24) is 14.9 Å². The van der Waals surface area contributed by atoms with Crippen molar-refractivity contribution in [3.05, 3.63) is 66.2 Å². The molecule has 0 spiro atoms. The quantitative estimate of drug-likeness (QED) is 0.671. The smallest absolute Gasteiger partial charge is 0.228 e. The van der Waals surface area contributed by atoms with Gasteiger partial charge in [-0.3, -0.25) is 4.79 Å². The zero-order valence-corrected chi connectivity index (χ0v) is 15.6. The average Bonchev–Trinajstić information content (AvgIpc) is 2.76. The van der Waals surface area contributed by atoms with Crippen molar-refractivity contribution in [2.75, 3.05) is 36.4 Å². The Labute approximate surface area is 166 Å². The van der Waals surface area contributed by atoms with Crippen molar-refractivity contribution in [3.8, 4) is 11.3 Å². The number of anilines is 3. The molecule has 1 N–H and O–H groups in total. The van der Waals surface area contributed by atoms with Gasteiger partial charge in [-0.25, -0.2) is 13.8 Å². The molecule has 1 amide bonds. The van der Waals surface area contributed by atoms with Gasteiger partial charge in [0.1, 0.15) is 17.5 Å². The van der Waals surface area contributed by atoms with Crippen LogP contribution in [0.4, 0.5) is 26.2 Å². The van der Waals surface area contributed by atoms with E-state index in [1.807, 2.05) is 35.2 Å². The number of carbonyl (C=O) groups excluding carboxylic acids is 1. The lowest BCUT2D eigenvalue weighted by molar-refractivity contribution is -0.118. The molecule has 148 valence electrons. The summed E-state index contributed by atoms with van der Waals surface area (Å²) in [4.78, 5) is 23.8. The first-order valence-electron chi connectivity index (χ1n) is 9.23. The molecule has 1 aromatic heterocycles. The van der Waals surface area contributed by atoms with Crippen LogP contribution in [-0.2, 0) is 4.79 Å². The minimum absolute atomic E-state index is 0.126. The van der Waals surface area contributed by atoms with Crippen LogP contribution in [0.2, 0.25) is 0 Å². The van der Waals surface area contributed by atoms with Gasteiger partial charge in [-0.2, -0.15) is 4.98 Å². The van der Waals surface area contributed by atoms with Crippen molar-refractivity contribution in [2.24, 2.45) is 0 Å². The normalized spacial score (nSPS) is 14.0. The fourth-order valence-corrected chi connectivity index (χ4v) is 3.15. The van der Waals surface area contributed by atoms with Gasteiger partial charge in [0.25, 0.3) is 0 Å². The minimum Gasteiger partial charge on any atom is -0.342 e. The molecule has 0 atom stereocenters. The zero-order valence-electron chi connectivity index (χ0n) is 15.6. The standard InChI is InChI=1S/C21H19F2N5O/c22-16-6-7-18(17(23)12-16)24-20-13-19(15-4-2-1-3-5-15)25-21(26-20)28-10-8-27(14-29)9-11-28/h1-7,12-14H,8-11H2,(H,24,25,26). The van der Waals surface area contributed by atoms with Gasteiger partial charge in [0.05, 0.1) is 11.4 Å². The van der Waals surface area contributed by atoms with E-state index >= 15 is 0 Å². The molecule has 0 bridgehead atoms. The molecule has 29 heavy (non-hydrogen) atoms. The number of rotatable bonds is 5. The Morgan fingerprint density at radius 3 is 2.38 bits per heavy atom. The van der Waals surface area contributed by atoms with Crippen LogP contribution >= 0.6 is 0 Å². The molecule has 0 saturated carbocycles. The van der Waals surface area contributed by atoms with Gasteiger partial charge >= 0.3 is 0 Å². The maximum absolute atomic E-state index is 14.1. The molecule has 0 aliphatic carbocycles. The SMILES string of the molecule is O=CN1CCN(c2nc(Nc3ccc(F)cc3F)cc(-c3ccccc3)n2)CC1. The van der Waals surface area contributed by atoms with E-state index < -0.39 is 11.6 Å². The van der Waals surface area contributed by atoms with E-state index in [9.17, 15) is 13.6 Å². The summed E-state index contributed by atoms with van der Waals surface area (Å²) in [6.07, 6.45) is 0.836. The Kier molecular flexibility index (Phi) is 5.33. The zero-order chi connectivity index (χ0) is 20.2. The molecule has 6 nitrogen and oxygen atoms in total. The van der Waals surface area contributed by atoms with Gasteiger partial charge in [-0.05, 0) is 12.1 Å². The number of halogens is 2. The van der Waals surface area contributed by atoms with Crippen molar-refractivity contribution < 1.29 is 13.6 Å². The molecule has 1 aliphatic heterocycles. The second kappa shape index (κ2) is 8.22. The van der Waals surface area contributed by atoms with Crippen LogP contribution < -0.4 is 10.2 Å². The lowest BCUT2D eigenvalue weighted by Gasteiger charge is -2.32. The molecule has 1 aliphatic rings. The molecule has 4 rings (SSSR count). The first-order chi connectivity index (χ1) is 14.1. The van der Waals surface area contributed by atoms with Crippen molar-refractivity contribution in [2.45, 2.75) is 0 Å². The Hall–Kier alpha value is -3.55. The molecular formula is C21H19F2N5O. The number of nitrogens with one attached hydrogen (secondary N) is 1. The summed E-state index contributed by atoms with van der Waals surface area (Å²) in [5.41, 5.74) is 1.70. The van der Waals surface area contributed by atoms with E-state index in [-0.39, 0.29) is 5.69 Å². The highest BCUT2D eigenvalue weighted by atomic mass is 19.1. The number of benzene rings is 2. The first-order valence-corrected chi connectivity index (χ1v) is 9.23. The van der Waals surface area contributed by atoms with E-state index in [1.165, 1.54) is 12.1 Å². The molecule has 2 aromatic carbocycles. The molecule has 1 saturated heterocycles. The fraction of sp³-hybridized carbons (Fsp3) is 0.190. The van der Waals surface area contributed by atoms with Crippen molar-refractivity contribution >= 4 is 23.9 Å². The van der Waals surface area contributed by atoms with Gasteiger partial charge in [-0.15, -0.1) is 0 Å². The summed E-state index contributed by atoms with van der Waals surface area (Å²) in [6, 6.07) is 14.7. The fourth-order valence-electron chi connectivity index (χ4n) is 3.15. The van der Waals surface area contributed by atoms with Gasteiger partial charge in [0.15, 0.2) is 0 Å². The van der Waals surface area contributed by atoms with Crippen LogP contribution in [-0.4, -0.2) is 47.5 Å². The topological polar surface area (TPSA) is 61.4 Å². The molecule has 3 aromatic rings. The summed E-state index contributed by atoms with van der Waals surface area (Å²) in [5.74, 6) is -0.459. The van der Waals surface area contributed by atoms with Crippen LogP contribution in [0.25, 0.3) is 11.3 Å². The number of hydrogen-bond donors (Lipinski definition) is 1. The Bertz CT molecular complexity index is 1010. The van der Waals surface area contributed by atoms with Crippen molar-refractivity contribution in [1.29, 1.82) is 0 Å². The minimum atomic E-state index is -0.703. The monoisotopic (exact) mass is 395 g/mol. The summed E-state index contributed by atoms with van der Waals surface area (Å²) in [5, 5.41) is 2.92. The van der Waals surface area contributed by atoms with Crippen LogP contribution in [0.1, 0.15) is 0 Å². The van der Waals surface area contributed by atoms with Crippen LogP contribution in [0.3, 0.4) is 0 Å². The second-order valence-corrected chi connectivity index (χ2v) is 6.68. The highest BCUT2D eigenvalue weighted by molar-refractivity contribution is 5.67. The number of carbonyl (C=O) groups is 1. The van der Waals surface area contributed by atoms with Crippen LogP contribution in [0, 0.1) is 11.6 Å². The second-order valence-electron chi connectivity index (χ2n) is 6.68. The predicted octanol–water partition coefficient (Wildman–Crippen LogP) is 3.44. The lowest BCUT2D eigenvalue weighted by Crippen LogP contribution is -2.46. The van der Waals surface area contributed by atoms with Crippen LogP contribution in [0.5, 0.6) is 0 Å².